The highest BCUT2D eigenvalue weighted by molar-refractivity contribution is 6.09. The maximum absolute atomic E-state index is 13.2. The first-order valence-corrected chi connectivity index (χ1v) is 5.09. The summed E-state index contributed by atoms with van der Waals surface area (Å²) in [5.74, 6) is -0.250. The fourth-order valence-electron chi connectivity index (χ4n) is 2.80. The van der Waals surface area contributed by atoms with Crippen LogP contribution in [-0.4, -0.2) is 5.91 Å². The van der Waals surface area contributed by atoms with Crippen molar-refractivity contribution in [3.8, 4) is 0 Å². The topological polar surface area (TPSA) is 29.1 Å². The Morgan fingerprint density at radius 2 is 2.07 bits per heavy atom. The fourth-order valence-corrected chi connectivity index (χ4v) is 2.80. The molecule has 1 fully saturated rings. The lowest BCUT2D eigenvalue weighted by Crippen LogP contribution is -2.24. The van der Waals surface area contributed by atoms with Crippen molar-refractivity contribution in [2.45, 2.75) is 25.7 Å². The highest BCUT2D eigenvalue weighted by atomic mass is 19.1. The predicted octanol–water partition coefficient (Wildman–Crippen LogP) is 2.45. The Labute approximate surface area is 87.5 Å². The van der Waals surface area contributed by atoms with Crippen LogP contribution in [0, 0.1) is 11.2 Å². The number of benzene rings is 1. The van der Waals surface area contributed by atoms with Gasteiger partial charge in [-0.2, -0.15) is 0 Å². The van der Waals surface area contributed by atoms with Gasteiger partial charge in [0, 0.05) is 5.69 Å². The average Bonchev–Trinajstić information content (AvgIpc) is 2.63. The van der Waals surface area contributed by atoms with Crippen molar-refractivity contribution >= 4 is 11.6 Å². The third kappa shape index (κ3) is 0.863. The van der Waals surface area contributed by atoms with Gasteiger partial charge in [0.2, 0.25) is 5.91 Å². The Bertz CT molecular complexity index is 481. The summed E-state index contributed by atoms with van der Waals surface area (Å²) < 4.78 is 13.2. The van der Waals surface area contributed by atoms with Crippen LogP contribution in [0.4, 0.5) is 10.1 Å². The predicted molar refractivity (Wildman–Crippen MR) is 55.1 cm³/mol. The zero-order chi connectivity index (χ0) is 10.8. The summed E-state index contributed by atoms with van der Waals surface area (Å²) in [4.78, 5) is 11.9. The van der Waals surface area contributed by atoms with E-state index in [9.17, 15) is 9.18 Å². The van der Waals surface area contributed by atoms with Crippen LogP contribution in [0.15, 0.2) is 18.2 Å². The summed E-state index contributed by atoms with van der Waals surface area (Å²) >= 11 is 0. The number of anilines is 1. The summed E-state index contributed by atoms with van der Waals surface area (Å²) in [6.45, 7) is 4.10. The number of hydrogen-bond donors (Lipinski definition) is 1. The van der Waals surface area contributed by atoms with Crippen molar-refractivity contribution in [2.75, 3.05) is 5.32 Å². The Hall–Kier alpha value is -1.38. The zero-order valence-corrected chi connectivity index (χ0v) is 8.73. The van der Waals surface area contributed by atoms with E-state index in [0.29, 0.717) is 0 Å². The Kier molecular flexibility index (Phi) is 1.32. The molecule has 1 aliphatic heterocycles. The number of halogens is 1. The third-order valence-corrected chi connectivity index (χ3v) is 3.81. The van der Waals surface area contributed by atoms with Crippen LogP contribution < -0.4 is 5.32 Å². The number of fused-ring (bicyclic) bond motifs is 2. The summed E-state index contributed by atoms with van der Waals surface area (Å²) in [6.07, 6.45) is 0.808. The van der Waals surface area contributed by atoms with E-state index in [1.807, 2.05) is 13.8 Å². The van der Waals surface area contributed by atoms with Gasteiger partial charge < -0.3 is 5.32 Å². The minimum absolute atomic E-state index is 0.0214. The molecule has 1 N–H and O–H groups in total. The first-order chi connectivity index (χ1) is 6.97. The summed E-state index contributed by atoms with van der Waals surface area (Å²) in [7, 11) is 0. The molecular weight excluding hydrogens is 193 g/mol. The minimum atomic E-state index is -0.468. The van der Waals surface area contributed by atoms with E-state index < -0.39 is 5.41 Å². The molecule has 0 saturated heterocycles. The van der Waals surface area contributed by atoms with Gasteiger partial charge in [0.1, 0.15) is 5.82 Å². The maximum Gasteiger partial charge on any atom is 0.235 e. The summed E-state index contributed by atoms with van der Waals surface area (Å²) in [6, 6.07) is 4.52. The van der Waals surface area contributed by atoms with Crippen LogP contribution in [0.2, 0.25) is 0 Å². The molecule has 0 radical (unpaired) electrons. The average molecular weight is 205 g/mol. The van der Waals surface area contributed by atoms with Gasteiger partial charge >= 0.3 is 0 Å². The normalized spacial score (nSPS) is 30.2. The van der Waals surface area contributed by atoms with Crippen LogP contribution in [0.25, 0.3) is 0 Å². The molecule has 1 heterocycles. The highest BCUT2D eigenvalue weighted by Crippen LogP contribution is 2.68. The molecule has 0 aromatic heterocycles. The summed E-state index contributed by atoms with van der Waals surface area (Å²) in [5.41, 5.74) is 1.09. The molecule has 2 nitrogen and oxygen atoms in total. The first-order valence-electron chi connectivity index (χ1n) is 5.09. The van der Waals surface area contributed by atoms with Crippen molar-refractivity contribution in [1.82, 2.24) is 0 Å². The lowest BCUT2D eigenvalue weighted by Gasteiger charge is -2.11. The van der Waals surface area contributed by atoms with Crippen LogP contribution in [-0.2, 0) is 10.2 Å². The van der Waals surface area contributed by atoms with Crippen LogP contribution in [0.5, 0.6) is 0 Å². The van der Waals surface area contributed by atoms with E-state index >= 15 is 0 Å². The molecule has 1 atom stereocenters. The number of amides is 1. The Balaban J connectivity index is 2.23. The third-order valence-electron chi connectivity index (χ3n) is 3.81. The summed E-state index contributed by atoms with van der Waals surface area (Å²) in [5, 5.41) is 2.83. The van der Waals surface area contributed by atoms with Gasteiger partial charge in [-0.1, -0.05) is 13.8 Å². The zero-order valence-electron chi connectivity index (χ0n) is 8.73. The van der Waals surface area contributed by atoms with Gasteiger partial charge in [-0.05, 0) is 35.6 Å². The second-order valence-corrected chi connectivity index (χ2v) is 5.11. The number of nitrogens with one attached hydrogen (secondary N) is 1. The van der Waals surface area contributed by atoms with Crippen molar-refractivity contribution in [1.29, 1.82) is 0 Å². The van der Waals surface area contributed by atoms with Crippen LogP contribution >= 0.6 is 0 Å². The van der Waals surface area contributed by atoms with Gasteiger partial charge in [0.05, 0.1) is 5.41 Å². The molecule has 0 bridgehead atoms. The molecule has 1 aromatic rings. The van der Waals surface area contributed by atoms with Crippen molar-refractivity contribution in [3.63, 3.8) is 0 Å². The van der Waals surface area contributed by atoms with Gasteiger partial charge in [0.25, 0.3) is 0 Å². The van der Waals surface area contributed by atoms with E-state index in [-0.39, 0.29) is 17.1 Å². The largest absolute Gasteiger partial charge is 0.325 e. The lowest BCUT2D eigenvalue weighted by atomic mass is 9.89. The number of carbonyl (C=O) groups is 1. The minimum Gasteiger partial charge on any atom is -0.325 e. The molecule has 78 valence electrons. The highest BCUT2D eigenvalue weighted by Gasteiger charge is 2.70. The molecule has 1 amide bonds. The number of rotatable bonds is 0. The Morgan fingerprint density at radius 1 is 1.40 bits per heavy atom. The van der Waals surface area contributed by atoms with E-state index in [2.05, 4.69) is 5.32 Å². The van der Waals surface area contributed by atoms with Crippen molar-refractivity contribution in [3.05, 3.63) is 29.6 Å². The molecule has 1 aromatic carbocycles. The standard InChI is InChI=1S/C12H12FNO/c1-11(2)6-12(11)8-5-7(13)3-4-9(8)14-10(12)15/h3-5H,6H2,1-2H3,(H,14,15). The maximum atomic E-state index is 13.2. The van der Waals surface area contributed by atoms with Gasteiger partial charge in [0.15, 0.2) is 0 Å². The van der Waals surface area contributed by atoms with Crippen molar-refractivity contribution in [2.24, 2.45) is 5.41 Å². The Morgan fingerprint density at radius 3 is 2.67 bits per heavy atom. The second kappa shape index (κ2) is 2.23. The molecular formula is C12H12FNO. The number of hydrogen-bond acceptors (Lipinski definition) is 1. The molecule has 1 aliphatic carbocycles. The SMILES string of the molecule is CC1(C)CC12C(=O)Nc1ccc(F)cc12. The fraction of sp³-hybridized carbons (Fsp3) is 0.417. The lowest BCUT2D eigenvalue weighted by molar-refractivity contribution is -0.118. The van der Waals surface area contributed by atoms with Gasteiger partial charge in [-0.3, -0.25) is 4.79 Å². The van der Waals surface area contributed by atoms with Crippen molar-refractivity contribution < 1.29 is 9.18 Å². The molecule has 15 heavy (non-hydrogen) atoms. The molecule has 1 saturated carbocycles. The van der Waals surface area contributed by atoms with Gasteiger partial charge in [-0.15, -0.1) is 0 Å². The molecule has 1 spiro atoms. The monoisotopic (exact) mass is 205 g/mol. The van der Waals surface area contributed by atoms with E-state index in [1.54, 1.807) is 6.07 Å². The van der Waals surface area contributed by atoms with Gasteiger partial charge in [-0.25, -0.2) is 4.39 Å². The van der Waals surface area contributed by atoms with E-state index in [0.717, 1.165) is 17.7 Å². The van der Waals surface area contributed by atoms with E-state index in [4.69, 9.17) is 0 Å². The van der Waals surface area contributed by atoms with Crippen LogP contribution in [0.3, 0.4) is 0 Å². The number of carbonyl (C=O) groups excluding carboxylic acids is 1. The first kappa shape index (κ1) is 8.89. The molecule has 1 unspecified atom stereocenters. The molecule has 3 rings (SSSR count). The molecule has 2 aliphatic rings. The quantitative estimate of drug-likeness (QED) is 0.692. The van der Waals surface area contributed by atoms with E-state index in [1.165, 1.54) is 12.1 Å². The van der Waals surface area contributed by atoms with Crippen LogP contribution in [0.1, 0.15) is 25.8 Å². The molecule has 3 heteroatoms. The second-order valence-electron chi connectivity index (χ2n) is 5.11. The smallest absolute Gasteiger partial charge is 0.235 e.